The van der Waals surface area contributed by atoms with Crippen LogP contribution in [0, 0.1) is 5.82 Å². The lowest BCUT2D eigenvalue weighted by molar-refractivity contribution is -0.132. The number of H-pyrrole nitrogens is 1. The first-order valence-electron chi connectivity index (χ1n) is 7.88. The minimum Gasteiger partial charge on any atom is -0.493 e. The maximum Gasteiger partial charge on any atom is 0.226 e. The molecule has 1 unspecified atom stereocenters. The van der Waals surface area contributed by atoms with E-state index in [-0.39, 0.29) is 18.3 Å². The van der Waals surface area contributed by atoms with E-state index in [1.165, 1.54) is 12.1 Å². The molecule has 1 aromatic heterocycles. The molecule has 122 valence electrons. The number of ether oxygens (including phenoxy) is 1. The lowest BCUT2D eigenvalue weighted by Gasteiger charge is -2.32. The summed E-state index contributed by atoms with van der Waals surface area (Å²) in [6.07, 6.45) is 4.08. The summed E-state index contributed by atoms with van der Waals surface area (Å²) in [5.74, 6) is 0.504. The highest BCUT2D eigenvalue weighted by Crippen LogP contribution is 2.25. The highest BCUT2D eigenvalue weighted by molar-refractivity contribution is 5.76. The topological polar surface area (TPSA) is 58.2 Å². The van der Waals surface area contributed by atoms with Gasteiger partial charge in [0.15, 0.2) is 0 Å². The van der Waals surface area contributed by atoms with Crippen LogP contribution in [-0.2, 0) is 4.79 Å². The maximum absolute atomic E-state index is 13.1. The molecule has 1 N–H and O–H groups in total. The number of hydrogen-bond donors (Lipinski definition) is 1. The second kappa shape index (κ2) is 7.26. The van der Waals surface area contributed by atoms with Crippen LogP contribution in [0.1, 0.15) is 30.9 Å². The first kappa shape index (κ1) is 15.5. The van der Waals surface area contributed by atoms with Crippen molar-refractivity contribution in [2.75, 3.05) is 19.7 Å². The van der Waals surface area contributed by atoms with Gasteiger partial charge in [-0.25, -0.2) is 4.39 Å². The number of carbonyl (C=O) groups is 1. The highest BCUT2D eigenvalue weighted by Gasteiger charge is 2.25. The van der Waals surface area contributed by atoms with E-state index in [1.54, 1.807) is 18.3 Å². The fraction of sp³-hybridized carbons (Fsp3) is 0.412. The molecule has 0 aliphatic carbocycles. The molecule has 6 heteroatoms. The van der Waals surface area contributed by atoms with Gasteiger partial charge in [-0.3, -0.25) is 9.89 Å². The SMILES string of the molecule is O=C(CCOc1cccc(F)c1)N1CCCC(c2ccn[nH]2)C1. The van der Waals surface area contributed by atoms with Crippen LogP contribution in [0.2, 0.25) is 0 Å². The molecule has 1 saturated heterocycles. The highest BCUT2D eigenvalue weighted by atomic mass is 19.1. The van der Waals surface area contributed by atoms with Crippen LogP contribution in [0.5, 0.6) is 5.75 Å². The summed E-state index contributed by atoms with van der Waals surface area (Å²) < 4.78 is 18.5. The first-order valence-corrected chi connectivity index (χ1v) is 7.88. The van der Waals surface area contributed by atoms with Crippen LogP contribution in [-0.4, -0.2) is 40.7 Å². The maximum atomic E-state index is 13.1. The molecule has 5 nitrogen and oxygen atoms in total. The summed E-state index contributed by atoms with van der Waals surface area (Å²) in [6.45, 7) is 1.75. The molecule has 2 aromatic rings. The van der Waals surface area contributed by atoms with Gasteiger partial charge in [-0.15, -0.1) is 0 Å². The van der Waals surface area contributed by atoms with Crippen molar-refractivity contribution in [1.82, 2.24) is 15.1 Å². The Bertz CT molecular complexity index is 645. The number of aromatic nitrogens is 2. The molecule has 0 radical (unpaired) electrons. The smallest absolute Gasteiger partial charge is 0.226 e. The largest absolute Gasteiger partial charge is 0.493 e. The molecule has 1 aliphatic rings. The third kappa shape index (κ3) is 4.09. The Morgan fingerprint density at radius 1 is 1.43 bits per heavy atom. The Labute approximate surface area is 134 Å². The number of aromatic amines is 1. The van der Waals surface area contributed by atoms with E-state index >= 15 is 0 Å². The minimum atomic E-state index is -0.341. The van der Waals surface area contributed by atoms with Crippen LogP contribution >= 0.6 is 0 Å². The van der Waals surface area contributed by atoms with E-state index in [1.807, 2.05) is 11.0 Å². The van der Waals surface area contributed by atoms with Crippen molar-refractivity contribution in [2.24, 2.45) is 0 Å². The van der Waals surface area contributed by atoms with E-state index < -0.39 is 0 Å². The molecular weight excluding hydrogens is 297 g/mol. The zero-order valence-electron chi connectivity index (χ0n) is 12.9. The van der Waals surface area contributed by atoms with Crippen LogP contribution in [0.4, 0.5) is 4.39 Å². The molecule has 23 heavy (non-hydrogen) atoms. The minimum absolute atomic E-state index is 0.0746. The quantitative estimate of drug-likeness (QED) is 0.922. The van der Waals surface area contributed by atoms with E-state index in [0.717, 1.165) is 25.1 Å². The van der Waals surface area contributed by atoms with E-state index in [4.69, 9.17) is 4.74 Å². The van der Waals surface area contributed by atoms with E-state index in [9.17, 15) is 9.18 Å². The zero-order valence-corrected chi connectivity index (χ0v) is 12.9. The van der Waals surface area contributed by atoms with Crippen LogP contribution < -0.4 is 4.74 Å². The van der Waals surface area contributed by atoms with Gasteiger partial charge in [-0.05, 0) is 31.0 Å². The van der Waals surface area contributed by atoms with Crippen molar-refractivity contribution in [3.8, 4) is 5.75 Å². The molecule has 0 spiro atoms. The summed E-state index contributed by atoms with van der Waals surface area (Å²) in [5, 5.41) is 6.97. The van der Waals surface area contributed by atoms with Gasteiger partial charge in [0.05, 0.1) is 13.0 Å². The number of rotatable bonds is 5. The van der Waals surface area contributed by atoms with Crippen molar-refractivity contribution in [2.45, 2.75) is 25.2 Å². The predicted octanol–water partition coefficient (Wildman–Crippen LogP) is 2.72. The zero-order chi connectivity index (χ0) is 16.1. The van der Waals surface area contributed by atoms with Crippen LogP contribution in [0.25, 0.3) is 0 Å². The van der Waals surface area contributed by atoms with Crippen molar-refractivity contribution in [1.29, 1.82) is 0 Å². The summed E-state index contributed by atoms with van der Waals surface area (Å²) in [5.41, 5.74) is 1.08. The molecule has 1 atom stereocenters. The number of nitrogens with zero attached hydrogens (tertiary/aromatic N) is 2. The van der Waals surface area contributed by atoms with Crippen molar-refractivity contribution in [3.63, 3.8) is 0 Å². The van der Waals surface area contributed by atoms with Gasteiger partial charge in [0.25, 0.3) is 0 Å². The van der Waals surface area contributed by atoms with Crippen LogP contribution in [0.15, 0.2) is 36.5 Å². The van der Waals surface area contributed by atoms with E-state index in [2.05, 4.69) is 10.2 Å². The Morgan fingerprint density at radius 2 is 2.35 bits per heavy atom. The Morgan fingerprint density at radius 3 is 3.13 bits per heavy atom. The Hall–Kier alpha value is -2.37. The van der Waals surface area contributed by atoms with Crippen molar-refractivity contribution in [3.05, 3.63) is 48.0 Å². The standard InChI is InChI=1S/C17H20FN3O2/c18-14-4-1-5-15(11-14)23-10-7-17(22)21-9-2-3-13(12-21)16-6-8-19-20-16/h1,4-6,8,11,13H,2-3,7,9-10,12H2,(H,19,20). The third-order valence-corrected chi connectivity index (χ3v) is 4.12. The van der Waals surface area contributed by atoms with Crippen molar-refractivity contribution >= 4 is 5.91 Å². The van der Waals surface area contributed by atoms with Gasteiger partial charge >= 0.3 is 0 Å². The van der Waals surface area contributed by atoms with Gasteiger partial charge in [0, 0.05) is 37.0 Å². The summed E-state index contributed by atoms with van der Waals surface area (Å²) in [4.78, 5) is 14.2. The van der Waals surface area contributed by atoms with Gasteiger partial charge in [0.1, 0.15) is 11.6 Å². The second-order valence-corrected chi connectivity index (χ2v) is 5.75. The Balaban J connectivity index is 1.48. The monoisotopic (exact) mass is 317 g/mol. The molecular formula is C17H20FN3O2. The van der Waals surface area contributed by atoms with Crippen molar-refractivity contribution < 1.29 is 13.9 Å². The number of hydrogen-bond acceptors (Lipinski definition) is 3. The number of benzene rings is 1. The molecule has 1 aromatic carbocycles. The number of nitrogens with one attached hydrogen (secondary N) is 1. The lowest BCUT2D eigenvalue weighted by Crippen LogP contribution is -2.39. The third-order valence-electron chi connectivity index (χ3n) is 4.12. The fourth-order valence-corrected chi connectivity index (χ4v) is 2.92. The summed E-state index contributed by atoms with van der Waals surface area (Å²) >= 11 is 0. The normalized spacial score (nSPS) is 18.0. The van der Waals surface area contributed by atoms with Gasteiger partial charge in [-0.1, -0.05) is 6.07 Å². The average Bonchev–Trinajstić information content (AvgIpc) is 3.09. The number of piperidine rings is 1. The number of carbonyl (C=O) groups excluding carboxylic acids is 1. The predicted molar refractivity (Wildman–Crippen MR) is 83.7 cm³/mol. The van der Waals surface area contributed by atoms with E-state index in [0.29, 0.717) is 24.6 Å². The molecule has 3 rings (SSSR count). The fourth-order valence-electron chi connectivity index (χ4n) is 2.92. The molecule has 1 aliphatic heterocycles. The molecule has 2 heterocycles. The molecule has 0 saturated carbocycles. The lowest BCUT2D eigenvalue weighted by atomic mass is 9.95. The molecule has 0 bridgehead atoms. The summed E-state index contributed by atoms with van der Waals surface area (Å²) in [6, 6.07) is 7.92. The Kier molecular flexibility index (Phi) is 4.90. The second-order valence-electron chi connectivity index (χ2n) is 5.75. The molecule has 1 amide bonds. The van der Waals surface area contributed by atoms with Crippen LogP contribution in [0.3, 0.4) is 0 Å². The van der Waals surface area contributed by atoms with Gasteiger partial charge in [-0.2, -0.15) is 5.10 Å². The number of likely N-dealkylation sites (tertiary alicyclic amines) is 1. The number of amides is 1. The first-order chi connectivity index (χ1) is 11.2. The molecule has 1 fully saturated rings. The number of halogens is 1. The van der Waals surface area contributed by atoms with Gasteiger partial charge in [0.2, 0.25) is 5.91 Å². The van der Waals surface area contributed by atoms with Gasteiger partial charge < -0.3 is 9.64 Å². The average molecular weight is 317 g/mol. The summed E-state index contributed by atoms with van der Waals surface area (Å²) in [7, 11) is 0.